The standard InChI is InChI=1S/C13H17N3O2S/c1-17-10-5-3-9(4-6-10)7-8-15-13-11(18-2)12(14)16-19-13/h3-6,15H,7-8H2,1-2H3,(H2,14,16). The monoisotopic (exact) mass is 279 g/mol. The van der Waals surface area contributed by atoms with Gasteiger partial charge in [0.15, 0.2) is 16.6 Å². The number of ether oxygens (including phenoxy) is 2. The van der Waals surface area contributed by atoms with E-state index < -0.39 is 0 Å². The van der Waals surface area contributed by atoms with Crippen LogP contribution in [-0.4, -0.2) is 25.1 Å². The van der Waals surface area contributed by atoms with Crippen molar-refractivity contribution in [3.63, 3.8) is 0 Å². The maximum atomic E-state index is 5.69. The number of nitrogens with zero attached hydrogens (tertiary/aromatic N) is 1. The van der Waals surface area contributed by atoms with E-state index in [2.05, 4.69) is 21.8 Å². The molecule has 0 bridgehead atoms. The van der Waals surface area contributed by atoms with Gasteiger partial charge in [-0.05, 0) is 35.6 Å². The van der Waals surface area contributed by atoms with Crippen LogP contribution in [0.25, 0.3) is 0 Å². The summed E-state index contributed by atoms with van der Waals surface area (Å²) in [5.41, 5.74) is 6.93. The third-order valence-electron chi connectivity index (χ3n) is 2.74. The summed E-state index contributed by atoms with van der Waals surface area (Å²) in [6.45, 7) is 0.796. The van der Waals surface area contributed by atoms with Gasteiger partial charge >= 0.3 is 0 Å². The lowest BCUT2D eigenvalue weighted by Crippen LogP contribution is -2.04. The first-order chi connectivity index (χ1) is 9.24. The summed E-state index contributed by atoms with van der Waals surface area (Å²) >= 11 is 1.31. The van der Waals surface area contributed by atoms with Gasteiger partial charge in [0.25, 0.3) is 0 Å². The zero-order valence-corrected chi connectivity index (χ0v) is 11.8. The van der Waals surface area contributed by atoms with E-state index in [1.54, 1.807) is 14.2 Å². The van der Waals surface area contributed by atoms with E-state index in [-0.39, 0.29) is 0 Å². The third kappa shape index (κ3) is 3.29. The quantitative estimate of drug-likeness (QED) is 0.849. The molecule has 0 aliphatic rings. The Hall–Kier alpha value is -1.95. The van der Waals surface area contributed by atoms with Crippen LogP contribution in [0.4, 0.5) is 10.8 Å². The summed E-state index contributed by atoms with van der Waals surface area (Å²) in [6.07, 6.45) is 0.908. The predicted molar refractivity (Wildman–Crippen MR) is 78.3 cm³/mol. The number of hydrogen-bond acceptors (Lipinski definition) is 6. The fourth-order valence-corrected chi connectivity index (χ4v) is 2.43. The van der Waals surface area contributed by atoms with Crippen LogP contribution in [0.15, 0.2) is 24.3 Å². The fourth-order valence-electron chi connectivity index (χ4n) is 1.72. The molecular formula is C13H17N3O2S. The first kappa shape index (κ1) is 13.5. The second-order valence-electron chi connectivity index (χ2n) is 3.96. The number of hydrogen-bond donors (Lipinski definition) is 2. The van der Waals surface area contributed by atoms with Gasteiger partial charge in [0.05, 0.1) is 14.2 Å². The molecule has 0 aliphatic carbocycles. The van der Waals surface area contributed by atoms with E-state index in [4.69, 9.17) is 15.2 Å². The molecule has 1 aromatic heterocycles. The molecule has 2 aromatic rings. The van der Waals surface area contributed by atoms with Crippen LogP contribution in [0, 0.1) is 0 Å². The highest BCUT2D eigenvalue weighted by Crippen LogP contribution is 2.34. The summed E-state index contributed by atoms with van der Waals surface area (Å²) in [7, 11) is 3.26. The van der Waals surface area contributed by atoms with Crippen LogP contribution < -0.4 is 20.5 Å². The predicted octanol–water partition coefficient (Wildman–Crippen LogP) is 2.40. The van der Waals surface area contributed by atoms with Gasteiger partial charge in [-0.3, -0.25) is 0 Å². The summed E-state index contributed by atoms with van der Waals surface area (Å²) in [4.78, 5) is 0. The smallest absolute Gasteiger partial charge is 0.197 e. The SMILES string of the molecule is COc1ccc(CCNc2snc(N)c2OC)cc1. The van der Waals surface area contributed by atoms with E-state index in [0.29, 0.717) is 11.6 Å². The molecule has 5 nitrogen and oxygen atoms in total. The molecule has 102 valence electrons. The molecule has 0 saturated carbocycles. The van der Waals surface area contributed by atoms with Crippen molar-refractivity contribution in [1.82, 2.24) is 4.37 Å². The van der Waals surface area contributed by atoms with Crippen molar-refractivity contribution < 1.29 is 9.47 Å². The minimum atomic E-state index is 0.430. The van der Waals surface area contributed by atoms with Gasteiger partial charge < -0.3 is 20.5 Å². The van der Waals surface area contributed by atoms with Crippen LogP contribution in [0.5, 0.6) is 11.5 Å². The van der Waals surface area contributed by atoms with Crippen molar-refractivity contribution >= 4 is 22.4 Å². The maximum absolute atomic E-state index is 5.69. The summed E-state index contributed by atoms with van der Waals surface area (Å²) in [5.74, 6) is 1.92. The zero-order valence-electron chi connectivity index (χ0n) is 11.0. The Balaban J connectivity index is 1.88. The van der Waals surface area contributed by atoms with E-state index >= 15 is 0 Å². The molecule has 0 spiro atoms. The molecule has 0 fully saturated rings. The van der Waals surface area contributed by atoms with Gasteiger partial charge in [-0.15, -0.1) is 0 Å². The number of rotatable bonds is 6. The van der Waals surface area contributed by atoms with Gasteiger partial charge in [-0.25, -0.2) is 0 Å². The average molecular weight is 279 g/mol. The largest absolute Gasteiger partial charge is 0.497 e. The van der Waals surface area contributed by atoms with Crippen LogP contribution >= 0.6 is 11.5 Å². The zero-order chi connectivity index (χ0) is 13.7. The van der Waals surface area contributed by atoms with Crippen molar-refractivity contribution in [2.24, 2.45) is 0 Å². The minimum Gasteiger partial charge on any atom is -0.497 e. The molecular weight excluding hydrogens is 262 g/mol. The van der Waals surface area contributed by atoms with E-state index in [1.807, 2.05) is 12.1 Å². The molecule has 2 rings (SSSR count). The minimum absolute atomic E-state index is 0.430. The van der Waals surface area contributed by atoms with Crippen molar-refractivity contribution in [3.8, 4) is 11.5 Å². The molecule has 1 heterocycles. The van der Waals surface area contributed by atoms with Crippen molar-refractivity contribution in [3.05, 3.63) is 29.8 Å². The molecule has 0 aliphatic heterocycles. The van der Waals surface area contributed by atoms with Gasteiger partial charge in [0.1, 0.15) is 5.75 Å². The highest BCUT2D eigenvalue weighted by atomic mass is 32.1. The van der Waals surface area contributed by atoms with E-state index in [1.165, 1.54) is 17.1 Å². The second-order valence-corrected chi connectivity index (χ2v) is 4.73. The number of aromatic nitrogens is 1. The average Bonchev–Trinajstić information content (AvgIpc) is 2.80. The van der Waals surface area contributed by atoms with Crippen molar-refractivity contribution in [2.45, 2.75) is 6.42 Å². The Kier molecular flexibility index (Phi) is 4.46. The highest BCUT2D eigenvalue weighted by Gasteiger charge is 2.10. The summed E-state index contributed by atoms with van der Waals surface area (Å²) in [5, 5.41) is 4.15. The molecule has 0 amide bonds. The first-order valence-electron chi connectivity index (χ1n) is 5.90. The lowest BCUT2D eigenvalue weighted by molar-refractivity contribution is 0.414. The number of benzene rings is 1. The van der Waals surface area contributed by atoms with Gasteiger partial charge in [0.2, 0.25) is 0 Å². The number of nitrogen functional groups attached to an aromatic ring is 1. The van der Waals surface area contributed by atoms with Crippen molar-refractivity contribution in [2.75, 3.05) is 31.8 Å². The molecule has 0 atom stereocenters. The number of nitrogens with two attached hydrogens (primary N) is 1. The maximum Gasteiger partial charge on any atom is 0.197 e. The molecule has 3 N–H and O–H groups in total. The van der Waals surface area contributed by atoms with Gasteiger partial charge in [-0.2, -0.15) is 4.37 Å². The Morgan fingerprint density at radius 1 is 1.21 bits per heavy atom. The highest BCUT2D eigenvalue weighted by molar-refractivity contribution is 7.11. The third-order valence-corrected chi connectivity index (χ3v) is 3.54. The van der Waals surface area contributed by atoms with Gasteiger partial charge in [0, 0.05) is 6.54 Å². The molecule has 0 radical (unpaired) electrons. The lowest BCUT2D eigenvalue weighted by atomic mass is 10.1. The van der Waals surface area contributed by atoms with Gasteiger partial charge in [-0.1, -0.05) is 12.1 Å². The molecule has 19 heavy (non-hydrogen) atoms. The van der Waals surface area contributed by atoms with Crippen LogP contribution in [0.1, 0.15) is 5.56 Å². The van der Waals surface area contributed by atoms with E-state index in [0.717, 1.165) is 23.7 Å². The molecule has 1 aromatic carbocycles. The van der Waals surface area contributed by atoms with Crippen LogP contribution in [-0.2, 0) is 6.42 Å². The number of nitrogens with one attached hydrogen (secondary N) is 1. The lowest BCUT2D eigenvalue weighted by Gasteiger charge is -2.06. The Morgan fingerprint density at radius 3 is 2.58 bits per heavy atom. The summed E-state index contributed by atoms with van der Waals surface area (Å²) in [6, 6.07) is 8.03. The van der Waals surface area contributed by atoms with Crippen molar-refractivity contribution in [1.29, 1.82) is 0 Å². The first-order valence-corrected chi connectivity index (χ1v) is 6.68. The van der Waals surface area contributed by atoms with Crippen LogP contribution in [0.3, 0.4) is 0 Å². The Bertz CT molecular complexity index is 525. The molecule has 0 saturated heterocycles. The molecule has 0 unspecified atom stereocenters. The summed E-state index contributed by atoms with van der Waals surface area (Å²) < 4.78 is 14.4. The fraction of sp³-hybridized carbons (Fsp3) is 0.308. The normalized spacial score (nSPS) is 10.2. The Morgan fingerprint density at radius 2 is 1.95 bits per heavy atom. The Labute approximate surface area is 116 Å². The van der Waals surface area contributed by atoms with E-state index in [9.17, 15) is 0 Å². The number of methoxy groups -OCH3 is 2. The topological polar surface area (TPSA) is 69.4 Å². The number of anilines is 2. The second kappa shape index (κ2) is 6.29. The molecule has 6 heteroatoms. The van der Waals surface area contributed by atoms with Crippen LogP contribution in [0.2, 0.25) is 0 Å².